The van der Waals surface area contributed by atoms with Gasteiger partial charge in [0.2, 0.25) is 0 Å². The minimum Gasteiger partial charge on any atom is -0.490 e. The van der Waals surface area contributed by atoms with Gasteiger partial charge in [-0.2, -0.15) is 0 Å². The van der Waals surface area contributed by atoms with Crippen LogP contribution in [0, 0.1) is 5.41 Å². The normalized spacial score (nSPS) is 17.0. The lowest BCUT2D eigenvalue weighted by Gasteiger charge is -2.23. The van der Waals surface area contributed by atoms with Gasteiger partial charge in [-0.25, -0.2) is 0 Å². The molecule has 2 rings (SSSR count). The summed E-state index contributed by atoms with van der Waals surface area (Å²) >= 11 is 0. The number of amidine groups is 1. The van der Waals surface area contributed by atoms with Gasteiger partial charge in [0, 0.05) is 12.3 Å². The molecule has 1 heterocycles. The standard InChI is InChI=1S/C12H17N3O/c13-12(14)11-8-10(6-7-15-11)16-9-4-2-1-3-5-9/h6-9H,1-5H2,(H3,13,14). The second-order valence-electron chi connectivity index (χ2n) is 4.17. The Bertz CT molecular complexity index is 372. The van der Waals surface area contributed by atoms with Gasteiger partial charge in [0.15, 0.2) is 0 Å². The third kappa shape index (κ3) is 2.72. The van der Waals surface area contributed by atoms with Crippen molar-refractivity contribution in [1.82, 2.24) is 4.98 Å². The number of aromatic nitrogens is 1. The van der Waals surface area contributed by atoms with Crippen LogP contribution in [0.5, 0.6) is 5.75 Å². The molecule has 0 bridgehead atoms. The smallest absolute Gasteiger partial charge is 0.141 e. The van der Waals surface area contributed by atoms with Crippen molar-refractivity contribution < 1.29 is 4.74 Å². The molecular formula is C12H17N3O. The number of ether oxygens (including phenoxy) is 1. The first-order valence-corrected chi connectivity index (χ1v) is 5.73. The highest BCUT2D eigenvalue weighted by Crippen LogP contribution is 2.23. The van der Waals surface area contributed by atoms with Crippen molar-refractivity contribution >= 4 is 5.84 Å². The molecule has 0 aliphatic heterocycles. The van der Waals surface area contributed by atoms with Gasteiger partial charge in [-0.05, 0) is 31.7 Å². The Balaban J connectivity index is 2.02. The van der Waals surface area contributed by atoms with E-state index >= 15 is 0 Å². The van der Waals surface area contributed by atoms with E-state index in [4.69, 9.17) is 15.9 Å². The van der Waals surface area contributed by atoms with E-state index in [0.717, 1.165) is 18.6 Å². The molecule has 0 saturated heterocycles. The first-order valence-electron chi connectivity index (χ1n) is 5.73. The van der Waals surface area contributed by atoms with Gasteiger partial charge in [-0.1, -0.05) is 6.42 Å². The number of hydrogen-bond acceptors (Lipinski definition) is 3. The van der Waals surface area contributed by atoms with E-state index in [-0.39, 0.29) is 5.84 Å². The van der Waals surface area contributed by atoms with Crippen molar-refractivity contribution in [3.05, 3.63) is 24.0 Å². The lowest BCUT2D eigenvalue weighted by atomic mass is 9.98. The van der Waals surface area contributed by atoms with Crippen LogP contribution in [0.4, 0.5) is 0 Å². The number of pyridine rings is 1. The molecule has 16 heavy (non-hydrogen) atoms. The highest BCUT2D eigenvalue weighted by atomic mass is 16.5. The van der Waals surface area contributed by atoms with E-state index in [1.807, 2.05) is 6.07 Å². The Morgan fingerprint density at radius 1 is 1.38 bits per heavy atom. The van der Waals surface area contributed by atoms with Crippen molar-refractivity contribution in [2.75, 3.05) is 0 Å². The van der Waals surface area contributed by atoms with Gasteiger partial charge in [0.25, 0.3) is 0 Å². The van der Waals surface area contributed by atoms with E-state index in [9.17, 15) is 0 Å². The van der Waals surface area contributed by atoms with E-state index in [0.29, 0.717) is 11.8 Å². The summed E-state index contributed by atoms with van der Waals surface area (Å²) in [5.41, 5.74) is 5.86. The number of nitrogens with one attached hydrogen (secondary N) is 1. The van der Waals surface area contributed by atoms with Crippen molar-refractivity contribution in [2.24, 2.45) is 5.73 Å². The average molecular weight is 219 g/mol. The maximum absolute atomic E-state index is 7.31. The van der Waals surface area contributed by atoms with Crippen LogP contribution in [-0.2, 0) is 0 Å². The molecule has 1 fully saturated rings. The zero-order valence-electron chi connectivity index (χ0n) is 9.28. The third-order valence-electron chi connectivity index (χ3n) is 2.86. The summed E-state index contributed by atoms with van der Waals surface area (Å²) < 4.78 is 5.85. The topological polar surface area (TPSA) is 72.0 Å². The van der Waals surface area contributed by atoms with E-state index in [1.165, 1.54) is 19.3 Å². The molecule has 4 nitrogen and oxygen atoms in total. The maximum Gasteiger partial charge on any atom is 0.141 e. The predicted octanol–water partition coefficient (Wildman–Crippen LogP) is 2.08. The zero-order valence-corrected chi connectivity index (χ0v) is 9.28. The Kier molecular flexibility index (Phi) is 3.39. The third-order valence-corrected chi connectivity index (χ3v) is 2.86. The quantitative estimate of drug-likeness (QED) is 0.604. The predicted molar refractivity (Wildman–Crippen MR) is 62.8 cm³/mol. The average Bonchev–Trinajstić information content (AvgIpc) is 2.30. The number of hydrogen-bond donors (Lipinski definition) is 2. The molecule has 86 valence electrons. The first-order chi connectivity index (χ1) is 7.75. The Morgan fingerprint density at radius 2 is 2.12 bits per heavy atom. The van der Waals surface area contributed by atoms with Crippen LogP contribution >= 0.6 is 0 Å². The molecule has 0 radical (unpaired) electrons. The molecule has 1 aromatic rings. The highest BCUT2D eigenvalue weighted by molar-refractivity contribution is 5.93. The number of rotatable bonds is 3. The van der Waals surface area contributed by atoms with Gasteiger partial charge in [-0.3, -0.25) is 10.4 Å². The molecule has 0 aromatic carbocycles. The molecule has 1 aromatic heterocycles. The molecule has 0 unspecified atom stereocenters. The van der Waals surface area contributed by atoms with E-state index in [2.05, 4.69) is 4.98 Å². The minimum atomic E-state index is -0.0194. The zero-order chi connectivity index (χ0) is 11.4. The highest BCUT2D eigenvalue weighted by Gasteiger charge is 2.15. The van der Waals surface area contributed by atoms with Crippen molar-refractivity contribution in [3.63, 3.8) is 0 Å². The summed E-state index contributed by atoms with van der Waals surface area (Å²) in [5.74, 6) is 0.751. The van der Waals surface area contributed by atoms with Crippen LogP contribution < -0.4 is 10.5 Å². The molecule has 3 N–H and O–H groups in total. The fourth-order valence-electron chi connectivity index (χ4n) is 2.01. The number of nitrogens with two attached hydrogens (primary N) is 1. The molecule has 0 spiro atoms. The first kappa shape index (κ1) is 10.9. The van der Waals surface area contributed by atoms with Crippen LogP contribution in [0.25, 0.3) is 0 Å². The minimum absolute atomic E-state index is 0.0194. The SMILES string of the molecule is N=C(N)c1cc(OC2CCCCC2)ccn1. The largest absolute Gasteiger partial charge is 0.490 e. The van der Waals surface area contributed by atoms with E-state index in [1.54, 1.807) is 12.3 Å². The Hall–Kier alpha value is -1.58. The summed E-state index contributed by atoms with van der Waals surface area (Å²) in [4.78, 5) is 4.00. The molecule has 1 saturated carbocycles. The van der Waals surface area contributed by atoms with Crippen molar-refractivity contribution in [2.45, 2.75) is 38.2 Å². The van der Waals surface area contributed by atoms with Crippen LogP contribution in [0.15, 0.2) is 18.3 Å². The molecule has 4 heteroatoms. The summed E-state index contributed by atoms with van der Waals surface area (Å²) in [6.45, 7) is 0. The Labute approximate surface area is 95.3 Å². The summed E-state index contributed by atoms with van der Waals surface area (Å²) in [6, 6.07) is 3.55. The second kappa shape index (κ2) is 4.96. The fraction of sp³-hybridized carbons (Fsp3) is 0.500. The second-order valence-corrected chi connectivity index (χ2v) is 4.17. The van der Waals surface area contributed by atoms with Crippen LogP contribution in [0.3, 0.4) is 0 Å². The van der Waals surface area contributed by atoms with Gasteiger partial charge in [0.1, 0.15) is 17.3 Å². The Morgan fingerprint density at radius 3 is 2.81 bits per heavy atom. The number of nitrogens with zero attached hydrogens (tertiary/aromatic N) is 1. The van der Waals surface area contributed by atoms with Crippen LogP contribution in [-0.4, -0.2) is 16.9 Å². The summed E-state index contributed by atoms with van der Waals surface area (Å²) in [5, 5.41) is 7.31. The molecule has 1 aliphatic rings. The summed E-state index contributed by atoms with van der Waals surface area (Å²) in [7, 11) is 0. The van der Waals surface area contributed by atoms with Gasteiger partial charge >= 0.3 is 0 Å². The molecule has 0 amide bonds. The fourth-order valence-corrected chi connectivity index (χ4v) is 2.01. The molecular weight excluding hydrogens is 202 g/mol. The summed E-state index contributed by atoms with van der Waals surface area (Å²) in [6.07, 6.45) is 8.00. The molecule has 1 aliphatic carbocycles. The maximum atomic E-state index is 7.31. The molecule has 0 atom stereocenters. The van der Waals surface area contributed by atoms with Gasteiger partial charge < -0.3 is 10.5 Å². The van der Waals surface area contributed by atoms with Crippen LogP contribution in [0.2, 0.25) is 0 Å². The van der Waals surface area contributed by atoms with Crippen molar-refractivity contribution in [1.29, 1.82) is 5.41 Å². The lowest BCUT2D eigenvalue weighted by molar-refractivity contribution is 0.155. The lowest BCUT2D eigenvalue weighted by Crippen LogP contribution is -2.20. The van der Waals surface area contributed by atoms with Gasteiger partial charge in [-0.15, -0.1) is 0 Å². The van der Waals surface area contributed by atoms with Crippen molar-refractivity contribution in [3.8, 4) is 5.75 Å². The monoisotopic (exact) mass is 219 g/mol. The number of nitrogen functional groups attached to an aromatic ring is 1. The van der Waals surface area contributed by atoms with Crippen LogP contribution in [0.1, 0.15) is 37.8 Å². The van der Waals surface area contributed by atoms with E-state index < -0.39 is 0 Å². The van der Waals surface area contributed by atoms with Gasteiger partial charge in [0.05, 0.1) is 6.10 Å².